The molecular weight excluding hydrogens is 230 g/mol. The number of ether oxygens (including phenoxy) is 2. The summed E-state index contributed by atoms with van der Waals surface area (Å²) in [5, 5.41) is 0. The van der Waals surface area contributed by atoms with Gasteiger partial charge >= 0.3 is 5.97 Å². The SMILES string of the molecule is CCOC(=O)C1(c2ccc(F)cc2F)COC1. The Balaban J connectivity index is 2.38. The van der Waals surface area contributed by atoms with Gasteiger partial charge in [0.25, 0.3) is 0 Å². The van der Waals surface area contributed by atoms with Gasteiger partial charge in [-0.05, 0) is 13.0 Å². The number of halogens is 2. The second kappa shape index (κ2) is 4.41. The smallest absolute Gasteiger partial charge is 0.321 e. The quantitative estimate of drug-likeness (QED) is 0.758. The molecule has 0 aromatic heterocycles. The summed E-state index contributed by atoms with van der Waals surface area (Å²) in [6, 6.07) is 3.15. The molecule has 1 aliphatic rings. The van der Waals surface area contributed by atoms with Crippen LogP contribution in [-0.4, -0.2) is 25.8 Å². The standard InChI is InChI=1S/C12H12F2O3/c1-2-17-11(15)12(6-16-7-12)9-4-3-8(13)5-10(9)14/h3-5H,2,6-7H2,1H3. The molecule has 1 fully saturated rings. The lowest BCUT2D eigenvalue weighted by Crippen LogP contribution is -2.54. The zero-order valence-corrected chi connectivity index (χ0v) is 9.33. The van der Waals surface area contributed by atoms with Crippen LogP contribution in [0.4, 0.5) is 8.78 Å². The average molecular weight is 242 g/mol. The summed E-state index contributed by atoms with van der Waals surface area (Å²) in [6.07, 6.45) is 0. The van der Waals surface area contributed by atoms with Gasteiger partial charge in [0.2, 0.25) is 0 Å². The van der Waals surface area contributed by atoms with Crippen molar-refractivity contribution in [2.24, 2.45) is 0 Å². The Labute approximate surface area is 97.3 Å². The maximum absolute atomic E-state index is 13.7. The van der Waals surface area contributed by atoms with E-state index in [-0.39, 0.29) is 25.4 Å². The fourth-order valence-corrected chi connectivity index (χ4v) is 1.84. The first kappa shape index (κ1) is 12.0. The van der Waals surface area contributed by atoms with Crippen molar-refractivity contribution in [1.82, 2.24) is 0 Å². The Kier molecular flexibility index (Phi) is 3.11. The first-order chi connectivity index (χ1) is 8.10. The molecule has 1 aromatic rings. The van der Waals surface area contributed by atoms with Crippen molar-refractivity contribution in [3.8, 4) is 0 Å². The minimum atomic E-state index is -1.12. The maximum Gasteiger partial charge on any atom is 0.321 e. The highest BCUT2D eigenvalue weighted by Gasteiger charge is 2.50. The minimum absolute atomic E-state index is 0.0639. The third-order valence-electron chi connectivity index (χ3n) is 2.81. The van der Waals surface area contributed by atoms with Crippen LogP contribution in [0.2, 0.25) is 0 Å². The molecule has 0 radical (unpaired) electrons. The van der Waals surface area contributed by atoms with Gasteiger partial charge in [-0.15, -0.1) is 0 Å². The fourth-order valence-electron chi connectivity index (χ4n) is 1.84. The Bertz CT molecular complexity index is 441. The molecule has 3 nitrogen and oxygen atoms in total. The number of hydrogen-bond acceptors (Lipinski definition) is 3. The highest BCUT2D eigenvalue weighted by molar-refractivity contribution is 5.84. The third-order valence-corrected chi connectivity index (χ3v) is 2.81. The zero-order valence-electron chi connectivity index (χ0n) is 9.33. The lowest BCUT2D eigenvalue weighted by atomic mass is 9.78. The van der Waals surface area contributed by atoms with Crippen LogP contribution in [0.25, 0.3) is 0 Å². The zero-order chi connectivity index (χ0) is 12.5. The van der Waals surface area contributed by atoms with Crippen LogP contribution in [0.15, 0.2) is 18.2 Å². The van der Waals surface area contributed by atoms with Crippen LogP contribution in [0.1, 0.15) is 12.5 Å². The van der Waals surface area contributed by atoms with Crippen LogP contribution < -0.4 is 0 Å². The van der Waals surface area contributed by atoms with E-state index in [0.717, 1.165) is 12.1 Å². The van der Waals surface area contributed by atoms with Crippen molar-refractivity contribution in [3.05, 3.63) is 35.4 Å². The van der Waals surface area contributed by atoms with Gasteiger partial charge in [-0.1, -0.05) is 6.07 Å². The number of carbonyl (C=O) groups excluding carboxylic acids is 1. The lowest BCUT2D eigenvalue weighted by molar-refractivity contribution is -0.169. The summed E-state index contributed by atoms with van der Waals surface area (Å²) < 4.78 is 36.4. The van der Waals surface area contributed by atoms with E-state index in [1.807, 2.05) is 0 Å². The predicted molar refractivity (Wildman–Crippen MR) is 55.5 cm³/mol. The van der Waals surface area contributed by atoms with E-state index in [9.17, 15) is 13.6 Å². The van der Waals surface area contributed by atoms with E-state index in [1.54, 1.807) is 6.92 Å². The van der Waals surface area contributed by atoms with Crippen molar-refractivity contribution in [2.75, 3.05) is 19.8 Å². The molecule has 0 amide bonds. The molecule has 0 atom stereocenters. The molecule has 1 saturated heterocycles. The molecule has 0 spiro atoms. The van der Waals surface area contributed by atoms with E-state index in [0.29, 0.717) is 0 Å². The van der Waals surface area contributed by atoms with Crippen LogP contribution in [-0.2, 0) is 19.7 Å². The van der Waals surface area contributed by atoms with Crippen LogP contribution >= 0.6 is 0 Å². The molecule has 17 heavy (non-hydrogen) atoms. The molecule has 2 rings (SSSR count). The summed E-state index contributed by atoms with van der Waals surface area (Å²) in [6.45, 7) is 2.01. The summed E-state index contributed by atoms with van der Waals surface area (Å²) in [5.74, 6) is -1.95. The summed E-state index contributed by atoms with van der Waals surface area (Å²) in [5.41, 5.74) is -0.989. The molecule has 0 bridgehead atoms. The molecule has 0 unspecified atom stereocenters. The number of rotatable bonds is 3. The molecule has 92 valence electrons. The maximum atomic E-state index is 13.7. The van der Waals surface area contributed by atoms with E-state index in [1.165, 1.54) is 6.07 Å². The van der Waals surface area contributed by atoms with Gasteiger partial charge in [0, 0.05) is 11.6 Å². The van der Waals surface area contributed by atoms with Crippen molar-refractivity contribution in [2.45, 2.75) is 12.3 Å². The summed E-state index contributed by atoms with van der Waals surface area (Å²) in [7, 11) is 0. The van der Waals surface area contributed by atoms with Gasteiger partial charge in [0.1, 0.15) is 17.0 Å². The van der Waals surface area contributed by atoms with Gasteiger partial charge in [-0.2, -0.15) is 0 Å². The van der Waals surface area contributed by atoms with Crippen molar-refractivity contribution in [1.29, 1.82) is 0 Å². The van der Waals surface area contributed by atoms with E-state index < -0.39 is 23.0 Å². The molecule has 5 heteroatoms. The Morgan fingerprint density at radius 1 is 1.47 bits per heavy atom. The summed E-state index contributed by atoms with van der Waals surface area (Å²) >= 11 is 0. The summed E-state index contributed by atoms with van der Waals surface area (Å²) in [4.78, 5) is 11.8. The number of carbonyl (C=O) groups is 1. The largest absolute Gasteiger partial charge is 0.465 e. The van der Waals surface area contributed by atoms with Crippen molar-refractivity contribution in [3.63, 3.8) is 0 Å². The Morgan fingerprint density at radius 3 is 2.65 bits per heavy atom. The topological polar surface area (TPSA) is 35.5 Å². The number of esters is 1. The van der Waals surface area contributed by atoms with Gasteiger partial charge in [-0.25, -0.2) is 8.78 Å². The number of benzene rings is 1. The Hall–Kier alpha value is -1.49. The third kappa shape index (κ3) is 1.91. The molecule has 1 heterocycles. The first-order valence-electron chi connectivity index (χ1n) is 5.30. The van der Waals surface area contributed by atoms with Crippen molar-refractivity contribution >= 4 is 5.97 Å². The number of hydrogen-bond donors (Lipinski definition) is 0. The van der Waals surface area contributed by atoms with Gasteiger partial charge in [0.15, 0.2) is 0 Å². The van der Waals surface area contributed by atoms with Gasteiger partial charge < -0.3 is 9.47 Å². The molecule has 0 N–H and O–H groups in total. The monoisotopic (exact) mass is 242 g/mol. The molecule has 0 saturated carbocycles. The highest BCUT2D eigenvalue weighted by atomic mass is 19.1. The Morgan fingerprint density at radius 2 is 2.18 bits per heavy atom. The van der Waals surface area contributed by atoms with E-state index >= 15 is 0 Å². The van der Waals surface area contributed by atoms with E-state index in [4.69, 9.17) is 9.47 Å². The van der Waals surface area contributed by atoms with Crippen LogP contribution in [0.5, 0.6) is 0 Å². The normalized spacial score (nSPS) is 17.4. The van der Waals surface area contributed by atoms with Crippen molar-refractivity contribution < 1.29 is 23.0 Å². The van der Waals surface area contributed by atoms with Gasteiger partial charge in [0.05, 0.1) is 19.8 Å². The van der Waals surface area contributed by atoms with Gasteiger partial charge in [-0.3, -0.25) is 4.79 Å². The molecule has 1 aromatic carbocycles. The highest BCUT2D eigenvalue weighted by Crippen LogP contribution is 2.35. The predicted octanol–water partition coefficient (Wildman–Crippen LogP) is 1.80. The molecule has 1 aliphatic heterocycles. The van der Waals surface area contributed by atoms with Crippen LogP contribution in [0, 0.1) is 11.6 Å². The molecule has 0 aliphatic carbocycles. The lowest BCUT2D eigenvalue weighted by Gasteiger charge is -2.39. The molecular formula is C12H12F2O3. The second-order valence-electron chi connectivity index (χ2n) is 3.92. The minimum Gasteiger partial charge on any atom is -0.465 e. The fraction of sp³-hybridized carbons (Fsp3) is 0.417. The van der Waals surface area contributed by atoms with Crippen LogP contribution in [0.3, 0.4) is 0 Å². The van der Waals surface area contributed by atoms with E-state index in [2.05, 4.69) is 0 Å². The first-order valence-corrected chi connectivity index (χ1v) is 5.30. The average Bonchev–Trinajstić information content (AvgIpc) is 2.20. The second-order valence-corrected chi connectivity index (χ2v) is 3.92.